The molecule has 0 aliphatic rings. The minimum atomic E-state index is -2.53. The second kappa shape index (κ2) is 2.69. The molecule has 1 nitrogen and oxygen atoms in total. The SMILES string of the molecule is O/C=C\B(F)F. The average molecular weight is 91.9 g/mol. The maximum absolute atomic E-state index is 10.8. The van der Waals surface area contributed by atoms with Gasteiger partial charge in [0.1, 0.15) is 0 Å². The molecule has 0 heterocycles. The van der Waals surface area contributed by atoms with Crippen molar-refractivity contribution in [2.45, 2.75) is 0 Å². The number of aliphatic hydroxyl groups excluding tert-OH is 1. The van der Waals surface area contributed by atoms with Crippen LogP contribution < -0.4 is 0 Å². The van der Waals surface area contributed by atoms with Gasteiger partial charge in [-0.25, -0.2) is 0 Å². The molecule has 0 unspecified atom stereocenters. The van der Waals surface area contributed by atoms with Gasteiger partial charge in [0.2, 0.25) is 0 Å². The Morgan fingerprint density at radius 2 is 2.00 bits per heavy atom. The van der Waals surface area contributed by atoms with Crippen LogP contribution >= 0.6 is 0 Å². The molecule has 0 aromatic rings. The molecule has 0 bridgehead atoms. The van der Waals surface area contributed by atoms with Gasteiger partial charge in [-0.1, -0.05) is 0 Å². The zero-order valence-electron chi connectivity index (χ0n) is 2.94. The lowest BCUT2D eigenvalue weighted by Crippen LogP contribution is -1.86. The van der Waals surface area contributed by atoms with Crippen LogP contribution in [-0.2, 0) is 0 Å². The molecule has 0 aliphatic heterocycles. The van der Waals surface area contributed by atoms with Crippen molar-refractivity contribution in [2.75, 3.05) is 0 Å². The maximum atomic E-state index is 10.8. The molecule has 0 fully saturated rings. The number of rotatable bonds is 1. The summed E-state index contributed by atoms with van der Waals surface area (Å²) < 4.78 is 21.6. The molecule has 4 heteroatoms. The summed E-state index contributed by atoms with van der Waals surface area (Å²) >= 11 is 0. The highest BCUT2D eigenvalue weighted by Gasteiger charge is 2.02. The first-order valence-corrected chi connectivity index (χ1v) is 1.36. The molecule has 0 aromatic carbocycles. The molecule has 1 N–H and O–H groups in total. The molecule has 0 amide bonds. The van der Waals surface area contributed by atoms with Gasteiger partial charge in [0.05, 0.1) is 6.26 Å². The highest BCUT2D eigenvalue weighted by molar-refractivity contribution is 6.48. The van der Waals surface area contributed by atoms with Crippen LogP contribution in [0.1, 0.15) is 0 Å². The average Bonchev–Trinajstić information content (AvgIpc) is 1.35. The lowest BCUT2D eigenvalue weighted by atomic mass is 10.0. The van der Waals surface area contributed by atoms with Crippen LogP contribution in [0.5, 0.6) is 0 Å². The highest BCUT2D eigenvalue weighted by Crippen LogP contribution is 1.83. The lowest BCUT2D eigenvalue weighted by Gasteiger charge is -1.70. The molecular formula is C2H3BF2O. The van der Waals surface area contributed by atoms with Gasteiger partial charge in [-0.2, -0.15) is 0 Å². The van der Waals surface area contributed by atoms with Crippen LogP contribution in [0.2, 0.25) is 0 Å². The normalized spacial score (nSPS) is 9.67. The van der Waals surface area contributed by atoms with Gasteiger partial charge in [0, 0.05) is 0 Å². The van der Waals surface area contributed by atoms with E-state index in [2.05, 4.69) is 0 Å². The zero-order chi connectivity index (χ0) is 4.99. The Kier molecular flexibility index (Phi) is 2.45. The van der Waals surface area contributed by atoms with Gasteiger partial charge in [-0.15, -0.1) is 0 Å². The fraction of sp³-hybridized carbons (Fsp3) is 0. The Morgan fingerprint density at radius 1 is 1.50 bits per heavy atom. The summed E-state index contributed by atoms with van der Waals surface area (Å²) in [6.07, 6.45) is 0.324. The molecule has 0 atom stereocenters. The van der Waals surface area contributed by atoms with Crippen molar-refractivity contribution in [3.05, 3.63) is 12.2 Å². The minimum absolute atomic E-state index is 0.324. The van der Waals surface area contributed by atoms with Crippen molar-refractivity contribution < 1.29 is 13.7 Å². The fourth-order valence-corrected chi connectivity index (χ4v) is 0.0651. The highest BCUT2D eigenvalue weighted by atomic mass is 19.2. The van der Waals surface area contributed by atoms with Crippen LogP contribution in [0.25, 0.3) is 0 Å². The van der Waals surface area contributed by atoms with Crippen molar-refractivity contribution in [3.63, 3.8) is 0 Å². The topological polar surface area (TPSA) is 20.2 Å². The van der Waals surface area contributed by atoms with Gasteiger partial charge >= 0.3 is 7.27 Å². The van der Waals surface area contributed by atoms with E-state index in [9.17, 15) is 8.63 Å². The fourth-order valence-electron chi connectivity index (χ4n) is 0.0651. The second-order valence-corrected chi connectivity index (χ2v) is 0.676. The molecular weight excluding hydrogens is 88.8 g/mol. The van der Waals surface area contributed by atoms with Gasteiger partial charge < -0.3 is 5.11 Å². The lowest BCUT2D eigenvalue weighted by molar-refractivity contribution is 0.473. The predicted molar refractivity (Wildman–Crippen MR) is 19.7 cm³/mol. The van der Waals surface area contributed by atoms with Crippen LogP contribution in [0.15, 0.2) is 12.2 Å². The van der Waals surface area contributed by atoms with Crippen molar-refractivity contribution in [1.82, 2.24) is 0 Å². The Balaban J connectivity index is 3.03. The summed E-state index contributed by atoms with van der Waals surface area (Å²) in [4.78, 5) is 0. The second-order valence-electron chi connectivity index (χ2n) is 0.676. The Hall–Kier alpha value is -0.535. The number of hydrogen-bond donors (Lipinski definition) is 1. The predicted octanol–water partition coefficient (Wildman–Crippen LogP) is 1.02. The quantitative estimate of drug-likeness (QED) is 0.378. The first-order valence-electron chi connectivity index (χ1n) is 1.36. The third-order valence-electron chi connectivity index (χ3n) is 0.232. The van der Waals surface area contributed by atoms with E-state index in [1.807, 2.05) is 0 Å². The largest absolute Gasteiger partial charge is 0.567 e. The summed E-state index contributed by atoms with van der Waals surface area (Å²) in [6.45, 7) is 0. The molecule has 6 heavy (non-hydrogen) atoms. The third kappa shape index (κ3) is 3.46. The summed E-state index contributed by atoms with van der Waals surface area (Å²) in [5.41, 5.74) is 0. The first kappa shape index (κ1) is 5.46. The van der Waals surface area contributed by atoms with Crippen LogP contribution in [0.3, 0.4) is 0 Å². The van der Waals surface area contributed by atoms with Crippen LogP contribution in [0, 0.1) is 0 Å². The Morgan fingerprint density at radius 3 is 2.00 bits per heavy atom. The standard InChI is InChI=1S/C2H3BF2O/c4-3(5)1-2-6/h1-2,6H/b2-1-. The summed E-state index contributed by atoms with van der Waals surface area (Å²) in [6, 6.07) is 0. The monoisotopic (exact) mass is 92.0 g/mol. The van der Waals surface area contributed by atoms with E-state index < -0.39 is 7.27 Å². The van der Waals surface area contributed by atoms with Gasteiger partial charge in [-0.05, 0) is 5.98 Å². The molecule has 0 spiro atoms. The van der Waals surface area contributed by atoms with E-state index in [1.54, 1.807) is 0 Å². The Labute approximate surface area is 34.5 Å². The third-order valence-corrected chi connectivity index (χ3v) is 0.232. The summed E-state index contributed by atoms with van der Waals surface area (Å²) in [5, 5.41) is 7.58. The van der Waals surface area contributed by atoms with Crippen molar-refractivity contribution >= 4 is 7.27 Å². The van der Waals surface area contributed by atoms with E-state index in [0.717, 1.165) is 0 Å². The number of halogens is 2. The number of aliphatic hydroxyl groups is 1. The van der Waals surface area contributed by atoms with E-state index in [1.165, 1.54) is 0 Å². The van der Waals surface area contributed by atoms with Crippen LogP contribution in [0.4, 0.5) is 8.63 Å². The van der Waals surface area contributed by atoms with E-state index >= 15 is 0 Å². The maximum Gasteiger partial charge on any atom is 0.567 e. The zero-order valence-corrected chi connectivity index (χ0v) is 2.94. The summed E-state index contributed by atoms with van der Waals surface area (Å²) in [5.74, 6) is 0.389. The minimum Gasteiger partial charge on any atom is -0.517 e. The van der Waals surface area contributed by atoms with E-state index in [0.29, 0.717) is 12.2 Å². The van der Waals surface area contributed by atoms with E-state index in [4.69, 9.17) is 5.11 Å². The van der Waals surface area contributed by atoms with E-state index in [-0.39, 0.29) is 0 Å². The molecule has 0 rings (SSSR count). The first-order chi connectivity index (χ1) is 2.77. The Bertz CT molecular complexity index is 53.5. The van der Waals surface area contributed by atoms with Crippen molar-refractivity contribution in [1.29, 1.82) is 0 Å². The van der Waals surface area contributed by atoms with Gasteiger partial charge in [-0.3, -0.25) is 8.63 Å². The molecule has 34 valence electrons. The van der Waals surface area contributed by atoms with Crippen molar-refractivity contribution in [2.24, 2.45) is 0 Å². The molecule has 0 aromatic heterocycles. The van der Waals surface area contributed by atoms with Crippen LogP contribution in [-0.4, -0.2) is 12.4 Å². The number of hydrogen-bond acceptors (Lipinski definition) is 1. The van der Waals surface area contributed by atoms with Crippen molar-refractivity contribution in [3.8, 4) is 0 Å². The molecule has 0 saturated carbocycles. The van der Waals surface area contributed by atoms with Gasteiger partial charge in [0.25, 0.3) is 0 Å². The van der Waals surface area contributed by atoms with Gasteiger partial charge in [0.15, 0.2) is 0 Å². The molecule has 0 saturated heterocycles. The molecule has 0 radical (unpaired) electrons. The summed E-state index contributed by atoms with van der Waals surface area (Å²) in [7, 11) is -2.53. The molecule has 0 aliphatic carbocycles. The smallest absolute Gasteiger partial charge is 0.517 e.